The minimum Gasteiger partial charge on any atom is -0.400 e. The number of aliphatic hydroxyl groups excluding tert-OH is 1. The predicted molar refractivity (Wildman–Crippen MR) is 32.4 cm³/mol. The molecule has 0 heterocycles. The number of hydrogen-bond donors (Lipinski definition) is 2. The van der Waals surface area contributed by atoms with E-state index in [2.05, 4.69) is 19.2 Å². The Morgan fingerprint density at radius 1 is 1.14 bits per heavy atom. The van der Waals surface area contributed by atoms with Gasteiger partial charge in [0.25, 0.3) is 0 Å². The first kappa shape index (κ1) is 10.0. The Morgan fingerprint density at radius 3 is 1.43 bits per heavy atom. The van der Waals surface area contributed by atoms with E-state index in [4.69, 9.17) is 5.11 Å². The zero-order valence-electron chi connectivity index (χ0n) is 5.36. The van der Waals surface area contributed by atoms with E-state index in [0.717, 1.165) is 20.2 Å². The van der Waals surface area contributed by atoms with Crippen LogP contribution in [0.4, 0.5) is 0 Å². The van der Waals surface area contributed by atoms with Crippen molar-refractivity contribution in [3.63, 3.8) is 0 Å². The summed E-state index contributed by atoms with van der Waals surface area (Å²) in [5, 5.41) is 10.1. The van der Waals surface area contributed by atoms with E-state index in [1.165, 1.54) is 0 Å². The van der Waals surface area contributed by atoms with E-state index in [-0.39, 0.29) is 0 Å². The van der Waals surface area contributed by atoms with Crippen LogP contribution in [0, 0.1) is 0 Å². The lowest BCUT2D eigenvalue weighted by Gasteiger charge is -1.86. The molecule has 0 fully saturated rings. The van der Waals surface area contributed by atoms with Crippen LogP contribution in [-0.4, -0.2) is 25.3 Å². The van der Waals surface area contributed by atoms with Crippen molar-refractivity contribution in [1.82, 2.24) is 5.32 Å². The zero-order valence-corrected chi connectivity index (χ0v) is 5.36. The van der Waals surface area contributed by atoms with Gasteiger partial charge >= 0.3 is 0 Å². The molecule has 0 saturated heterocycles. The highest BCUT2D eigenvalue weighted by Crippen LogP contribution is 1.47. The lowest BCUT2D eigenvalue weighted by molar-refractivity contribution is 0.399. The van der Waals surface area contributed by atoms with E-state index in [1.807, 2.05) is 0 Å². The smallest absolute Gasteiger partial charge is 0.0319 e. The average Bonchev–Trinajstić information content (AvgIpc) is 1.75. The highest BCUT2D eigenvalue weighted by molar-refractivity contribution is 4.27. The standard InChI is InChI=1S/C4H11N.CH4O/c1-3-5-4-2;1-2/h5H,3-4H2,1-2H3;2H,1H3. The lowest BCUT2D eigenvalue weighted by atomic mass is 10.7. The van der Waals surface area contributed by atoms with Crippen LogP contribution in [0.3, 0.4) is 0 Å². The molecule has 0 aromatic carbocycles. The summed E-state index contributed by atoms with van der Waals surface area (Å²) in [6.45, 7) is 6.39. The van der Waals surface area contributed by atoms with Gasteiger partial charge in [-0.05, 0) is 13.1 Å². The first-order valence-corrected chi connectivity index (χ1v) is 2.57. The number of rotatable bonds is 2. The molecule has 46 valence electrons. The molecule has 2 heteroatoms. The van der Waals surface area contributed by atoms with Crippen LogP contribution in [-0.2, 0) is 0 Å². The Balaban J connectivity index is 0. The van der Waals surface area contributed by atoms with Crippen molar-refractivity contribution in [2.24, 2.45) is 0 Å². The number of hydrogen-bond acceptors (Lipinski definition) is 2. The molecule has 0 spiro atoms. The van der Waals surface area contributed by atoms with Gasteiger partial charge in [0.05, 0.1) is 0 Å². The van der Waals surface area contributed by atoms with Gasteiger partial charge in [-0.25, -0.2) is 0 Å². The zero-order chi connectivity index (χ0) is 6.12. The molecule has 0 atom stereocenters. The van der Waals surface area contributed by atoms with E-state index in [1.54, 1.807) is 0 Å². The summed E-state index contributed by atoms with van der Waals surface area (Å²) in [6.07, 6.45) is 0. The van der Waals surface area contributed by atoms with Crippen molar-refractivity contribution >= 4 is 0 Å². The molecule has 0 unspecified atom stereocenters. The third kappa shape index (κ3) is 24.7. The maximum absolute atomic E-state index is 7.00. The van der Waals surface area contributed by atoms with Crippen LogP contribution in [0.15, 0.2) is 0 Å². The summed E-state index contributed by atoms with van der Waals surface area (Å²) in [6, 6.07) is 0. The molecular weight excluding hydrogens is 90.1 g/mol. The second-order valence-corrected chi connectivity index (χ2v) is 0.957. The van der Waals surface area contributed by atoms with Crippen molar-refractivity contribution in [2.45, 2.75) is 13.8 Å². The van der Waals surface area contributed by atoms with Gasteiger partial charge in [0, 0.05) is 7.11 Å². The van der Waals surface area contributed by atoms with Crippen LogP contribution < -0.4 is 5.32 Å². The largest absolute Gasteiger partial charge is 0.400 e. The van der Waals surface area contributed by atoms with Gasteiger partial charge in [-0.1, -0.05) is 13.8 Å². The molecule has 7 heavy (non-hydrogen) atoms. The molecule has 0 radical (unpaired) electrons. The van der Waals surface area contributed by atoms with Gasteiger partial charge in [-0.15, -0.1) is 0 Å². The SMILES string of the molecule is CCNCC.CO. The Kier molecular flexibility index (Phi) is 24.1. The number of nitrogens with one attached hydrogen (secondary N) is 1. The summed E-state index contributed by atoms with van der Waals surface area (Å²) in [4.78, 5) is 0. The van der Waals surface area contributed by atoms with Gasteiger partial charge in [-0.3, -0.25) is 0 Å². The molecule has 0 saturated carbocycles. The van der Waals surface area contributed by atoms with Crippen LogP contribution >= 0.6 is 0 Å². The summed E-state index contributed by atoms with van der Waals surface area (Å²) in [5.74, 6) is 0. The minimum absolute atomic E-state index is 1.00. The molecule has 0 aliphatic carbocycles. The van der Waals surface area contributed by atoms with Crippen molar-refractivity contribution in [3.05, 3.63) is 0 Å². The van der Waals surface area contributed by atoms with Gasteiger partial charge in [0.1, 0.15) is 0 Å². The normalized spacial score (nSPS) is 6.86. The van der Waals surface area contributed by atoms with E-state index >= 15 is 0 Å². The summed E-state index contributed by atoms with van der Waals surface area (Å²) < 4.78 is 0. The molecule has 0 aliphatic heterocycles. The Labute approximate surface area is 45.5 Å². The molecule has 2 N–H and O–H groups in total. The third-order valence-corrected chi connectivity index (χ3v) is 0.500. The summed E-state index contributed by atoms with van der Waals surface area (Å²) >= 11 is 0. The molecule has 0 bridgehead atoms. The Morgan fingerprint density at radius 2 is 1.43 bits per heavy atom. The quantitative estimate of drug-likeness (QED) is 0.526. The molecular formula is C5H15NO. The van der Waals surface area contributed by atoms with Gasteiger partial charge in [0.2, 0.25) is 0 Å². The van der Waals surface area contributed by atoms with Gasteiger partial charge in [-0.2, -0.15) is 0 Å². The van der Waals surface area contributed by atoms with Crippen molar-refractivity contribution in [1.29, 1.82) is 0 Å². The monoisotopic (exact) mass is 105 g/mol. The highest BCUT2D eigenvalue weighted by Gasteiger charge is 1.62. The molecule has 2 nitrogen and oxygen atoms in total. The summed E-state index contributed by atoms with van der Waals surface area (Å²) in [5.41, 5.74) is 0. The van der Waals surface area contributed by atoms with E-state index < -0.39 is 0 Å². The Bertz CT molecular complexity index is 15.6. The molecule has 0 rings (SSSR count). The molecule has 0 aromatic heterocycles. The topological polar surface area (TPSA) is 32.3 Å². The third-order valence-electron chi connectivity index (χ3n) is 0.500. The van der Waals surface area contributed by atoms with E-state index in [9.17, 15) is 0 Å². The van der Waals surface area contributed by atoms with Gasteiger partial charge in [0.15, 0.2) is 0 Å². The maximum atomic E-state index is 7.00. The number of aliphatic hydroxyl groups is 1. The van der Waals surface area contributed by atoms with Crippen LogP contribution in [0.2, 0.25) is 0 Å². The van der Waals surface area contributed by atoms with Crippen LogP contribution in [0.25, 0.3) is 0 Å². The predicted octanol–water partition coefficient (Wildman–Crippen LogP) is 0.224. The van der Waals surface area contributed by atoms with Crippen molar-refractivity contribution < 1.29 is 5.11 Å². The van der Waals surface area contributed by atoms with Gasteiger partial charge < -0.3 is 10.4 Å². The molecule has 0 amide bonds. The van der Waals surface area contributed by atoms with Crippen molar-refractivity contribution in [2.75, 3.05) is 20.2 Å². The molecule has 0 aliphatic rings. The first-order chi connectivity index (χ1) is 3.41. The van der Waals surface area contributed by atoms with E-state index in [0.29, 0.717) is 0 Å². The second-order valence-electron chi connectivity index (χ2n) is 0.957. The Hall–Kier alpha value is -0.0800. The highest BCUT2D eigenvalue weighted by atomic mass is 16.2. The first-order valence-electron chi connectivity index (χ1n) is 2.57. The molecule has 0 aromatic rings. The van der Waals surface area contributed by atoms with Crippen LogP contribution in [0.1, 0.15) is 13.8 Å². The van der Waals surface area contributed by atoms with Crippen LogP contribution in [0.5, 0.6) is 0 Å². The second kappa shape index (κ2) is 16.8. The maximum Gasteiger partial charge on any atom is 0.0319 e. The fraction of sp³-hybridized carbons (Fsp3) is 1.00. The summed E-state index contributed by atoms with van der Waals surface area (Å²) in [7, 11) is 1.00. The van der Waals surface area contributed by atoms with Crippen molar-refractivity contribution in [3.8, 4) is 0 Å². The minimum atomic E-state index is 1.00. The fourth-order valence-electron chi connectivity index (χ4n) is 0.250. The lowest BCUT2D eigenvalue weighted by Crippen LogP contribution is -2.09. The fourth-order valence-corrected chi connectivity index (χ4v) is 0.250. The average molecular weight is 105 g/mol.